The summed E-state index contributed by atoms with van der Waals surface area (Å²) in [5.41, 5.74) is 0.318. The van der Waals surface area contributed by atoms with Crippen LogP contribution in [0.3, 0.4) is 0 Å². The Hall–Kier alpha value is -1.93. The summed E-state index contributed by atoms with van der Waals surface area (Å²) in [6.45, 7) is 3.61. The number of nitrogens with zero attached hydrogens (tertiary/aromatic N) is 1. The lowest BCUT2D eigenvalue weighted by atomic mass is 10.1. The lowest BCUT2D eigenvalue weighted by Gasteiger charge is -2.30. The number of hydrogen-bond acceptors (Lipinski definition) is 5. The first-order chi connectivity index (χ1) is 10.7. The summed E-state index contributed by atoms with van der Waals surface area (Å²) in [7, 11) is -3.39. The molecule has 1 amide bonds. The third-order valence-corrected chi connectivity index (χ3v) is 5.85. The highest BCUT2D eigenvalue weighted by molar-refractivity contribution is 7.92. The van der Waals surface area contributed by atoms with E-state index >= 15 is 0 Å². The molecule has 2 rings (SSSR count). The highest BCUT2D eigenvalue weighted by atomic mass is 32.2. The van der Waals surface area contributed by atoms with E-state index in [2.05, 4.69) is 0 Å². The number of carbonyl (C=O) groups excluding carboxylic acids is 1. The highest BCUT2D eigenvalue weighted by Gasteiger charge is 2.29. The average Bonchev–Trinajstić information content (AvgIpc) is 2.54. The molecule has 0 radical (unpaired) electrons. The Bertz CT molecular complexity index is 695. The number of carboxylic acids is 1. The molecule has 0 aliphatic carbocycles. The van der Waals surface area contributed by atoms with Gasteiger partial charge in [-0.1, -0.05) is 0 Å². The van der Waals surface area contributed by atoms with E-state index in [0.717, 1.165) is 0 Å². The molecule has 0 unspecified atom stereocenters. The minimum absolute atomic E-state index is 0.0276. The zero-order valence-electron chi connectivity index (χ0n) is 12.9. The summed E-state index contributed by atoms with van der Waals surface area (Å²) in [4.78, 5) is 24.9. The second kappa shape index (κ2) is 6.67. The van der Waals surface area contributed by atoms with E-state index in [1.807, 2.05) is 0 Å². The van der Waals surface area contributed by atoms with Crippen molar-refractivity contribution >= 4 is 21.7 Å². The minimum atomic E-state index is -3.39. The Labute approximate surface area is 134 Å². The third kappa shape index (κ3) is 3.70. The van der Waals surface area contributed by atoms with Gasteiger partial charge in [0.15, 0.2) is 15.9 Å². The zero-order chi connectivity index (χ0) is 17.2. The van der Waals surface area contributed by atoms with E-state index in [4.69, 9.17) is 9.84 Å². The summed E-state index contributed by atoms with van der Waals surface area (Å²) in [5.74, 6) is -1.45. The van der Waals surface area contributed by atoms with Gasteiger partial charge in [-0.15, -0.1) is 0 Å². The smallest absolute Gasteiger partial charge is 0.334 e. The fourth-order valence-electron chi connectivity index (χ4n) is 2.23. The molecule has 1 heterocycles. The lowest BCUT2D eigenvalue weighted by molar-refractivity contribution is -0.154. The van der Waals surface area contributed by atoms with Crippen LogP contribution in [0, 0.1) is 0 Å². The van der Waals surface area contributed by atoms with Crippen LogP contribution in [0.15, 0.2) is 29.2 Å². The van der Waals surface area contributed by atoms with Gasteiger partial charge in [0, 0.05) is 12.1 Å². The van der Waals surface area contributed by atoms with Gasteiger partial charge in [-0.3, -0.25) is 4.79 Å². The Balaban J connectivity index is 2.16. The van der Waals surface area contributed by atoms with E-state index in [0.29, 0.717) is 12.1 Å². The van der Waals surface area contributed by atoms with Gasteiger partial charge in [0.25, 0.3) is 5.91 Å². The van der Waals surface area contributed by atoms with Crippen LogP contribution in [0.1, 0.15) is 24.2 Å². The van der Waals surface area contributed by atoms with Crippen molar-refractivity contribution in [1.82, 2.24) is 4.90 Å². The molecule has 0 saturated carbocycles. The number of amides is 1. The standard InChI is InChI=1S/C15H19NO6S/c1-10(2)23(20,21)12-5-3-11(4-6-12)14(17)16-7-8-22-13(9-16)15(18)19/h3-6,10,13H,7-9H2,1-2H3,(H,18,19)/t13-/m1/s1. The molecular weight excluding hydrogens is 322 g/mol. The number of ether oxygens (including phenoxy) is 1. The quantitative estimate of drug-likeness (QED) is 0.869. The first kappa shape index (κ1) is 17.4. The molecule has 0 aromatic heterocycles. The van der Waals surface area contributed by atoms with Crippen LogP contribution in [0.4, 0.5) is 0 Å². The van der Waals surface area contributed by atoms with Crippen LogP contribution in [0.25, 0.3) is 0 Å². The monoisotopic (exact) mass is 341 g/mol. The average molecular weight is 341 g/mol. The van der Waals surface area contributed by atoms with Crippen LogP contribution < -0.4 is 0 Å². The van der Waals surface area contributed by atoms with Crippen molar-refractivity contribution in [2.45, 2.75) is 30.1 Å². The molecule has 0 spiro atoms. The van der Waals surface area contributed by atoms with Crippen molar-refractivity contribution in [1.29, 1.82) is 0 Å². The summed E-state index contributed by atoms with van der Waals surface area (Å²) in [6.07, 6.45) is -1.03. The first-order valence-corrected chi connectivity index (χ1v) is 8.75. The third-order valence-electron chi connectivity index (χ3n) is 3.68. The zero-order valence-corrected chi connectivity index (χ0v) is 13.7. The number of morpholine rings is 1. The molecule has 1 fully saturated rings. The molecular formula is C15H19NO6S. The van der Waals surface area contributed by atoms with E-state index in [-0.39, 0.29) is 24.0 Å². The normalized spacial score (nSPS) is 18.9. The van der Waals surface area contributed by atoms with E-state index < -0.39 is 27.2 Å². The van der Waals surface area contributed by atoms with Crippen molar-refractivity contribution in [3.8, 4) is 0 Å². The number of aliphatic carboxylic acids is 1. The van der Waals surface area contributed by atoms with Crippen LogP contribution in [0.5, 0.6) is 0 Å². The van der Waals surface area contributed by atoms with Gasteiger partial charge in [0.2, 0.25) is 0 Å². The molecule has 1 saturated heterocycles. The molecule has 126 valence electrons. The number of sulfone groups is 1. The Morgan fingerprint density at radius 1 is 1.26 bits per heavy atom. The van der Waals surface area contributed by atoms with Gasteiger partial charge < -0.3 is 14.7 Å². The van der Waals surface area contributed by atoms with Crippen molar-refractivity contribution in [2.24, 2.45) is 0 Å². The molecule has 1 aromatic carbocycles. The number of rotatable bonds is 4. The van der Waals surface area contributed by atoms with Crippen LogP contribution in [0.2, 0.25) is 0 Å². The first-order valence-electron chi connectivity index (χ1n) is 7.21. The van der Waals surface area contributed by atoms with Crippen molar-refractivity contribution in [2.75, 3.05) is 19.7 Å². The van der Waals surface area contributed by atoms with Crippen molar-refractivity contribution < 1.29 is 27.9 Å². The minimum Gasteiger partial charge on any atom is -0.479 e. The molecule has 8 heteroatoms. The van der Waals surface area contributed by atoms with Gasteiger partial charge in [-0.25, -0.2) is 13.2 Å². The Kier molecular flexibility index (Phi) is 5.06. The maximum absolute atomic E-state index is 12.4. The van der Waals surface area contributed by atoms with E-state index in [1.54, 1.807) is 13.8 Å². The van der Waals surface area contributed by atoms with Crippen molar-refractivity contribution in [3.63, 3.8) is 0 Å². The van der Waals surface area contributed by atoms with Crippen molar-refractivity contribution in [3.05, 3.63) is 29.8 Å². The second-order valence-corrected chi connectivity index (χ2v) is 8.07. The summed E-state index contributed by atoms with van der Waals surface area (Å²) in [6, 6.07) is 5.70. The molecule has 1 atom stereocenters. The van der Waals surface area contributed by atoms with Crippen LogP contribution in [-0.4, -0.2) is 61.4 Å². The number of hydrogen-bond donors (Lipinski definition) is 1. The predicted octanol–water partition coefficient (Wildman–Crippen LogP) is 0.794. The van der Waals surface area contributed by atoms with Crippen LogP contribution >= 0.6 is 0 Å². The van der Waals surface area contributed by atoms with Gasteiger partial charge in [-0.2, -0.15) is 0 Å². The molecule has 0 bridgehead atoms. The van der Waals surface area contributed by atoms with E-state index in [9.17, 15) is 18.0 Å². The summed E-state index contributed by atoms with van der Waals surface area (Å²) in [5, 5.41) is 8.41. The number of carboxylic acid groups (broad SMARTS) is 1. The SMILES string of the molecule is CC(C)S(=O)(=O)c1ccc(C(=O)N2CCO[C@@H](C(=O)O)C2)cc1. The fourth-order valence-corrected chi connectivity index (χ4v) is 3.28. The van der Waals surface area contributed by atoms with Gasteiger partial charge >= 0.3 is 5.97 Å². The molecule has 1 aromatic rings. The molecule has 23 heavy (non-hydrogen) atoms. The molecule has 1 aliphatic heterocycles. The number of benzene rings is 1. The van der Waals surface area contributed by atoms with Gasteiger partial charge in [0.05, 0.1) is 23.3 Å². The topological polar surface area (TPSA) is 101 Å². The highest BCUT2D eigenvalue weighted by Crippen LogP contribution is 2.18. The predicted molar refractivity (Wildman–Crippen MR) is 82.0 cm³/mol. The van der Waals surface area contributed by atoms with Gasteiger partial charge in [0.1, 0.15) is 0 Å². The number of carbonyl (C=O) groups is 2. The van der Waals surface area contributed by atoms with Crippen LogP contribution in [-0.2, 0) is 19.4 Å². The van der Waals surface area contributed by atoms with Gasteiger partial charge in [-0.05, 0) is 38.1 Å². The van der Waals surface area contributed by atoms with E-state index in [1.165, 1.54) is 29.2 Å². The largest absolute Gasteiger partial charge is 0.479 e. The Morgan fingerprint density at radius 3 is 2.39 bits per heavy atom. The maximum atomic E-state index is 12.4. The molecule has 7 nitrogen and oxygen atoms in total. The summed E-state index contributed by atoms with van der Waals surface area (Å²) < 4.78 is 29.2. The second-order valence-electron chi connectivity index (χ2n) is 5.57. The molecule has 1 aliphatic rings. The molecule has 1 N–H and O–H groups in total. The maximum Gasteiger partial charge on any atom is 0.334 e. The fraction of sp³-hybridized carbons (Fsp3) is 0.467. The lowest BCUT2D eigenvalue weighted by Crippen LogP contribution is -2.48. The summed E-state index contributed by atoms with van der Waals surface area (Å²) >= 11 is 0. The Morgan fingerprint density at radius 2 is 1.87 bits per heavy atom.